The molecule has 0 unspecified atom stereocenters. The van der Waals surface area contributed by atoms with E-state index in [1.54, 1.807) is 91.1 Å². The standard InChI is InChI=1S/C82H115N21O22S/c1-44(105)69-80(123)98-60(37-50-39-89-53-15-7-6-14-52(50)53)76(119)94-56(23-25-64(86)107)73(116)100-63(43-126-33-27-57(92-45(2)106)74(117)99-62(42-104)77(120)102-69)78(121)95-58(35-46-18-21-51(22-19-46)125-32-31-85)75(118)96-59(36-47-17-20-48-12-4-5-13-49(48)34-47)79(122)103-82(3,28-9-11-30-84)81(124)101-55(16-8-10-29-83)72(115)97-61(38-65(87)108)71(114)91-40-66(109)90-41-67(110)93-54(70(88)113)24-26-68(111)112/h4-7,12-15,17-22,34,39,44,54-63,69,89,104-105H,8-11,16,23-33,35-38,40-43,83-85H2,1-3H3,(H2,86,107)(H2,87,108)(H2,88,113)(H,90,109)(H,91,114)(H,92,106)(H,93,110)(H,94,119)(H,95,121)(H,96,118)(H,97,115)(H,98,123)(H,99,117)(H,100,116)(H,101,124)(H,102,120)(H,103,122)(H,111,112)/t44-,54+,55+,56+,57+,58+,59+,60+,61+,62+,63+,69+,82+/m1/s1. The number of hydrogen-bond donors (Lipinski definition) is 24. The summed E-state index contributed by atoms with van der Waals surface area (Å²) in [6.07, 6.45) is -3.85. The van der Waals surface area contributed by atoms with E-state index in [9.17, 15) is 72.5 Å². The number of carbonyl (C=O) groups is 18. The van der Waals surface area contributed by atoms with Crippen LogP contribution in [0, 0.1) is 0 Å². The van der Waals surface area contributed by atoms with E-state index in [0.29, 0.717) is 38.7 Å². The number of ether oxygens (including phenoxy) is 1. The van der Waals surface area contributed by atoms with Crippen LogP contribution < -0.4 is 114 Å². The van der Waals surface area contributed by atoms with Crippen molar-refractivity contribution >= 4 is 140 Å². The molecule has 6 rings (SSSR count). The molecule has 13 atom stereocenters. The quantitative estimate of drug-likeness (QED) is 0.0161. The van der Waals surface area contributed by atoms with Gasteiger partial charge in [0, 0.05) is 68.4 Å². The Hall–Kier alpha value is -12.9. The van der Waals surface area contributed by atoms with Crippen molar-refractivity contribution in [3.05, 3.63) is 114 Å². The molecule has 126 heavy (non-hydrogen) atoms. The minimum absolute atomic E-state index is 0.101. The summed E-state index contributed by atoms with van der Waals surface area (Å²) in [6.45, 7) is 1.32. The molecule has 1 saturated heterocycles. The number of carbonyl (C=O) groups excluding carboxylic acids is 17. The zero-order valence-corrected chi connectivity index (χ0v) is 70.9. The van der Waals surface area contributed by atoms with Crippen molar-refractivity contribution in [3.63, 3.8) is 0 Å². The van der Waals surface area contributed by atoms with Crippen molar-refractivity contribution in [1.29, 1.82) is 0 Å². The molecule has 1 aromatic heterocycles. The number of benzene rings is 4. The predicted molar refractivity (Wildman–Crippen MR) is 459 cm³/mol. The lowest BCUT2D eigenvalue weighted by molar-refractivity contribution is -0.138. The third-order valence-electron chi connectivity index (χ3n) is 20.2. The minimum atomic E-state index is -2.04. The molecule has 0 aliphatic carbocycles. The van der Waals surface area contributed by atoms with Crippen LogP contribution in [0.4, 0.5) is 0 Å². The Balaban J connectivity index is 1.40. The number of aliphatic carboxylic acids is 1. The van der Waals surface area contributed by atoms with Gasteiger partial charge in [0.05, 0.1) is 32.2 Å². The fraction of sp³-hybridized carbons (Fsp3) is 0.488. The van der Waals surface area contributed by atoms with Crippen LogP contribution in [0.2, 0.25) is 0 Å². The fourth-order valence-corrected chi connectivity index (χ4v) is 14.4. The Morgan fingerprint density at radius 2 is 1.21 bits per heavy atom. The first-order chi connectivity index (χ1) is 59.9. The summed E-state index contributed by atoms with van der Waals surface area (Å²) in [6, 6.07) is 6.87. The molecular formula is C82H115N21O22S. The van der Waals surface area contributed by atoms with Gasteiger partial charge in [-0.05, 0) is 136 Å². The summed E-state index contributed by atoms with van der Waals surface area (Å²) in [5, 5.41) is 67.4. The van der Waals surface area contributed by atoms with Gasteiger partial charge in [-0.1, -0.05) is 72.8 Å². The number of para-hydroxylation sites is 1. The van der Waals surface area contributed by atoms with E-state index in [4.69, 9.17) is 44.2 Å². The maximum Gasteiger partial charge on any atom is 0.303 e. The lowest BCUT2D eigenvalue weighted by Gasteiger charge is -2.34. The van der Waals surface area contributed by atoms with Gasteiger partial charge in [0.2, 0.25) is 100 Å². The maximum absolute atomic E-state index is 15.8. The van der Waals surface area contributed by atoms with Crippen molar-refractivity contribution in [2.24, 2.45) is 34.4 Å². The van der Waals surface area contributed by atoms with E-state index in [1.165, 1.54) is 6.92 Å². The summed E-state index contributed by atoms with van der Waals surface area (Å²) in [5.74, 6) is -19.2. The van der Waals surface area contributed by atoms with Crippen molar-refractivity contribution in [2.45, 2.75) is 195 Å². The van der Waals surface area contributed by atoms with Crippen LogP contribution in [0.3, 0.4) is 0 Å². The number of hydrogen-bond acceptors (Lipinski definition) is 25. The fourth-order valence-electron chi connectivity index (χ4n) is 13.3. The molecule has 1 aliphatic rings. The third-order valence-corrected chi connectivity index (χ3v) is 21.3. The molecule has 17 amide bonds. The largest absolute Gasteiger partial charge is 0.492 e. The molecular weight excluding hydrogens is 1660 g/mol. The van der Waals surface area contributed by atoms with Crippen LogP contribution >= 0.6 is 11.8 Å². The number of nitrogens with two attached hydrogens (primary N) is 6. The average Bonchev–Trinajstić information content (AvgIpc) is 1.39. The lowest BCUT2D eigenvalue weighted by Crippen LogP contribution is -2.64. The normalized spacial score (nSPS) is 18.6. The summed E-state index contributed by atoms with van der Waals surface area (Å²) in [4.78, 5) is 252. The number of unbranched alkanes of at least 4 members (excludes halogenated alkanes) is 2. The molecule has 0 saturated carbocycles. The molecule has 1 aliphatic heterocycles. The van der Waals surface area contributed by atoms with Crippen LogP contribution in [-0.4, -0.2) is 262 Å². The molecule has 43 nitrogen and oxygen atoms in total. The van der Waals surface area contributed by atoms with Gasteiger partial charge in [-0.3, -0.25) is 86.3 Å². The van der Waals surface area contributed by atoms with Gasteiger partial charge in [0.1, 0.15) is 84.4 Å². The van der Waals surface area contributed by atoms with E-state index >= 15 is 24.0 Å². The monoisotopic (exact) mass is 1780 g/mol. The molecule has 0 spiro atoms. The number of nitrogens with one attached hydrogen (secondary N) is 15. The second-order valence-electron chi connectivity index (χ2n) is 30.4. The molecule has 686 valence electrons. The van der Waals surface area contributed by atoms with Crippen LogP contribution in [-0.2, 0) is 106 Å². The molecule has 0 radical (unpaired) electrons. The number of carboxylic acids is 1. The van der Waals surface area contributed by atoms with Crippen LogP contribution in [0.25, 0.3) is 21.7 Å². The summed E-state index contributed by atoms with van der Waals surface area (Å²) in [5.41, 5.74) is 33.8. The number of H-pyrrole nitrogens is 1. The van der Waals surface area contributed by atoms with E-state index in [0.717, 1.165) is 31.0 Å². The maximum atomic E-state index is 15.8. The highest BCUT2D eigenvalue weighted by Gasteiger charge is 2.42. The predicted octanol–water partition coefficient (Wildman–Crippen LogP) is -6.59. The van der Waals surface area contributed by atoms with E-state index in [2.05, 4.69) is 79.4 Å². The second kappa shape index (κ2) is 51.4. The van der Waals surface area contributed by atoms with Crippen LogP contribution in [0.1, 0.15) is 115 Å². The molecule has 0 bridgehead atoms. The summed E-state index contributed by atoms with van der Waals surface area (Å²) < 4.78 is 5.73. The molecule has 30 N–H and O–H groups in total. The Kier molecular flexibility index (Phi) is 41.5. The molecule has 4 aromatic carbocycles. The van der Waals surface area contributed by atoms with Gasteiger partial charge in [-0.25, -0.2) is 0 Å². The van der Waals surface area contributed by atoms with Crippen molar-refractivity contribution in [2.75, 3.05) is 57.4 Å². The summed E-state index contributed by atoms with van der Waals surface area (Å²) >= 11 is 0.918. The number of rotatable bonds is 45. The van der Waals surface area contributed by atoms with Crippen LogP contribution in [0.5, 0.6) is 5.75 Å². The highest BCUT2D eigenvalue weighted by atomic mass is 32.2. The average molecular weight is 1780 g/mol. The van der Waals surface area contributed by atoms with E-state index < -0.39 is 242 Å². The Morgan fingerprint density at radius 3 is 1.87 bits per heavy atom. The highest BCUT2D eigenvalue weighted by molar-refractivity contribution is 7.99. The SMILES string of the molecule is CC(=O)N[C@H]1CCSC[C@@H](C(=O)N[C@@H](Cc2ccc(OCCN)cc2)C(=O)N[C@@H](Cc2ccc3ccccc3c2)C(=O)N[C@@](C)(CCCCN)C(=O)N[C@@H](CCCCN)C(=O)N[C@@H](CC(N)=O)C(=O)NCC(=O)NCC(=O)N[C@@H](CCC(=O)O)C(N)=O)NC(=O)[C@H](CCC(N)=O)NC(=O)[C@H](Cc2c[nH]c3ccccc23)NC(=O)[C@H]([C@@H](C)O)NC(=O)[C@H](CO)NC1=O. The smallest absolute Gasteiger partial charge is 0.303 e. The first-order valence-corrected chi connectivity index (χ1v) is 42.1. The number of primary amides is 3. The molecule has 44 heteroatoms. The number of aromatic amines is 1. The molecule has 1 fully saturated rings. The third kappa shape index (κ3) is 33.6. The van der Waals surface area contributed by atoms with Gasteiger partial charge in [-0.2, -0.15) is 11.8 Å². The topological polar surface area (TPSA) is 718 Å². The van der Waals surface area contributed by atoms with Crippen molar-refractivity contribution < 1.29 is 106 Å². The number of aromatic nitrogens is 1. The number of fused-ring (bicyclic) bond motifs is 2. The second-order valence-corrected chi connectivity index (χ2v) is 31.5. The summed E-state index contributed by atoms with van der Waals surface area (Å²) in [7, 11) is 0. The Morgan fingerprint density at radius 1 is 0.595 bits per heavy atom. The number of aliphatic hydroxyl groups is 2. The number of carboxylic acid groups (broad SMARTS) is 1. The van der Waals surface area contributed by atoms with E-state index in [-0.39, 0.29) is 96.2 Å². The first kappa shape index (κ1) is 102. The number of thioether (sulfide) groups is 1. The zero-order valence-electron chi connectivity index (χ0n) is 70.1. The zero-order chi connectivity index (χ0) is 92.7. The first-order valence-electron chi connectivity index (χ1n) is 40.9. The molecule has 5 aromatic rings. The van der Waals surface area contributed by atoms with Crippen molar-refractivity contribution in [3.8, 4) is 5.75 Å². The van der Waals surface area contributed by atoms with Gasteiger partial charge in [-0.15, -0.1) is 0 Å². The Bertz CT molecular complexity index is 4670. The number of aliphatic hydroxyl groups excluding tert-OH is 2. The van der Waals surface area contributed by atoms with E-state index in [1.807, 2.05) is 6.07 Å². The Labute approximate surface area is 729 Å². The van der Waals surface area contributed by atoms with Gasteiger partial charge >= 0.3 is 5.97 Å². The van der Waals surface area contributed by atoms with Gasteiger partial charge in [0.15, 0.2) is 0 Å². The highest BCUT2D eigenvalue weighted by Crippen LogP contribution is 2.24. The molecule has 2 heterocycles. The van der Waals surface area contributed by atoms with Gasteiger partial charge in [0.25, 0.3) is 0 Å². The number of amides is 17. The lowest BCUT2D eigenvalue weighted by atomic mass is 9.91. The van der Waals surface area contributed by atoms with Crippen LogP contribution in [0.15, 0.2) is 97.2 Å². The minimum Gasteiger partial charge on any atom is -0.492 e. The van der Waals surface area contributed by atoms with Gasteiger partial charge < -0.3 is 134 Å². The van der Waals surface area contributed by atoms with Crippen molar-refractivity contribution in [1.82, 2.24) is 79.4 Å².